The number of hydrogen-bond acceptors (Lipinski definition) is 2. The van der Waals surface area contributed by atoms with E-state index in [4.69, 9.17) is 11.6 Å². The fraction of sp³-hybridized carbons (Fsp3) is 0.158. The lowest BCUT2D eigenvalue weighted by Crippen LogP contribution is -2.23. The number of nitrogens with zero attached hydrogens (tertiary/aromatic N) is 1. The molecule has 0 fully saturated rings. The molecule has 4 nitrogen and oxygen atoms in total. The highest BCUT2D eigenvalue weighted by Gasteiger charge is 2.24. The first-order chi connectivity index (χ1) is 11.5. The normalized spacial score (nSPS) is 15.7. The highest BCUT2D eigenvalue weighted by atomic mass is 35.5. The first-order valence-electron chi connectivity index (χ1n) is 7.78. The van der Waals surface area contributed by atoms with Gasteiger partial charge in [-0.25, -0.2) is 0 Å². The predicted octanol–water partition coefficient (Wildman–Crippen LogP) is 4.02. The van der Waals surface area contributed by atoms with Crippen LogP contribution in [0.25, 0.3) is 10.9 Å². The van der Waals surface area contributed by atoms with E-state index in [0.29, 0.717) is 16.1 Å². The van der Waals surface area contributed by atoms with Gasteiger partial charge in [0, 0.05) is 28.3 Å². The van der Waals surface area contributed by atoms with E-state index in [1.807, 2.05) is 16.7 Å². The molecule has 1 aromatic heterocycles. The number of carbonyl (C=O) groups excluding carboxylic acids is 1. The summed E-state index contributed by atoms with van der Waals surface area (Å²) in [7, 11) is 0. The van der Waals surface area contributed by atoms with Gasteiger partial charge in [0.1, 0.15) is 5.56 Å². The van der Waals surface area contributed by atoms with E-state index < -0.39 is 5.91 Å². The quantitative estimate of drug-likeness (QED) is 0.767. The second kappa shape index (κ2) is 5.49. The van der Waals surface area contributed by atoms with E-state index in [0.717, 1.165) is 17.5 Å². The van der Waals surface area contributed by atoms with E-state index in [1.165, 1.54) is 0 Å². The fourth-order valence-electron chi connectivity index (χ4n) is 3.34. The number of aromatic nitrogens is 1. The fourth-order valence-corrected chi connectivity index (χ4v) is 3.53. The van der Waals surface area contributed by atoms with Crippen LogP contribution in [-0.4, -0.2) is 10.5 Å². The minimum absolute atomic E-state index is 0.147. The summed E-state index contributed by atoms with van der Waals surface area (Å²) in [6.45, 7) is 2.09. The molecule has 5 heteroatoms. The molecule has 0 unspecified atom stereocenters. The molecule has 0 bridgehead atoms. The summed E-state index contributed by atoms with van der Waals surface area (Å²) in [5, 5.41) is 3.87. The number of anilines is 1. The van der Waals surface area contributed by atoms with Crippen LogP contribution in [0, 0.1) is 0 Å². The van der Waals surface area contributed by atoms with E-state index in [2.05, 4.69) is 12.2 Å². The van der Waals surface area contributed by atoms with Gasteiger partial charge in [-0.1, -0.05) is 29.8 Å². The van der Waals surface area contributed by atoms with E-state index >= 15 is 0 Å². The molecular weight excluding hydrogens is 324 g/mol. The van der Waals surface area contributed by atoms with Crippen LogP contribution in [0.5, 0.6) is 0 Å². The molecule has 0 saturated carbocycles. The molecule has 0 spiro atoms. The Balaban J connectivity index is 1.82. The first kappa shape index (κ1) is 15.0. The van der Waals surface area contributed by atoms with Gasteiger partial charge in [-0.15, -0.1) is 0 Å². The Kier molecular flexibility index (Phi) is 3.43. The minimum atomic E-state index is -0.419. The Morgan fingerprint density at radius 2 is 2.04 bits per heavy atom. The zero-order chi connectivity index (χ0) is 16.8. The first-order valence-corrected chi connectivity index (χ1v) is 8.16. The van der Waals surface area contributed by atoms with Crippen LogP contribution >= 0.6 is 11.6 Å². The molecule has 2 heterocycles. The monoisotopic (exact) mass is 338 g/mol. The third kappa shape index (κ3) is 2.31. The van der Waals surface area contributed by atoms with Crippen molar-refractivity contribution in [3.63, 3.8) is 0 Å². The molecule has 0 saturated heterocycles. The van der Waals surface area contributed by atoms with Crippen molar-refractivity contribution < 1.29 is 4.79 Å². The van der Waals surface area contributed by atoms with Crippen molar-refractivity contribution in [2.75, 3.05) is 5.32 Å². The summed E-state index contributed by atoms with van der Waals surface area (Å²) < 4.78 is 2.03. The summed E-state index contributed by atoms with van der Waals surface area (Å²) in [4.78, 5) is 25.4. The number of nitrogens with one attached hydrogen (secondary N) is 1. The van der Waals surface area contributed by atoms with Crippen molar-refractivity contribution >= 4 is 34.1 Å². The van der Waals surface area contributed by atoms with Gasteiger partial charge in [-0.05, 0) is 43.2 Å². The number of benzene rings is 2. The smallest absolute Gasteiger partial charge is 0.261 e. The van der Waals surface area contributed by atoms with Gasteiger partial charge in [-0.3, -0.25) is 9.59 Å². The van der Waals surface area contributed by atoms with Gasteiger partial charge in [0.25, 0.3) is 5.91 Å². The Morgan fingerprint density at radius 3 is 2.83 bits per heavy atom. The highest BCUT2D eigenvalue weighted by molar-refractivity contribution is 6.31. The molecular formula is C19H15ClN2O2. The predicted molar refractivity (Wildman–Crippen MR) is 96.0 cm³/mol. The van der Waals surface area contributed by atoms with Crippen LogP contribution in [-0.2, 0) is 6.42 Å². The summed E-state index contributed by atoms with van der Waals surface area (Å²) >= 11 is 5.94. The van der Waals surface area contributed by atoms with Crippen molar-refractivity contribution in [3.8, 4) is 0 Å². The average Bonchev–Trinajstić information content (AvgIpc) is 2.87. The van der Waals surface area contributed by atoms with Crippen LogP contribution in [0.4, 0.5) is 5.69 Å². The number of hydrogen-bond donors (Lipinski definition) is 1. The Morgan fingerprint density at radius 1 is 1.25 bits per heavy atom. The number of halogens is 1. The lowest BCUT2D eigenvalue weighted by atomic mass is 10.1. The molecule has 2 aromatic carbocycles. The molecule has 4 rings (SSSR count). The van der Waals surface area contributed by atoms with Gasteiger partial charge < -0.3 is 9.88 Å². The standard InChI is InChI=1S/C19H15ClN2O2/c1-11-8-12-4-2-7-15-17(12)22(11)10-16(18(15)23)19(24)21-14-6-3-5-13(20)9-14/h2-7,9-11H,8H2,1H3,(H,21,24)/t11-/m1/s1. The molecule has 120 valence electrons. The van der Waals surface area contributed by atoms with Gasteiger partial charge in [0.05, 0.1) is 5.52 Å². The molecule has 3 aromatic rings. The minimum Gasteiger partial charge on any atom is -0.343 e. The van der Waals surface area contributed by atoms with E-state index in [1.54, 1.807) is 36.5 Å². The molecule has 1 amide bonds. The zero-order valence-electron chi connectivity index (χ0n) is 13.0. The van der Waals surface area contributed by atoms with Gasteiger partial charge in [-0.2, -0.15) is 0 Å². The summed E-state index contributed by atoms with van der Waals surface area (Å²) in [6.07, 6.45) is 2.54. The summed E-state index contributed by atoms with van der Waals surface area (Å²) in [6, 6.07) is 12.8. The molecule has 1 atom stereocenters. The van der Waals surface area contributed by atoms with Crippen molar-refractivity contribution in [3.05, 3.63) is 75.0 Å². The molecule has 0 radical (unpaired) electrons. The second-order valence-electron chi connectivity index (χ2n) is 6.11. The molecule has 1 N–H and O–H groups in total. The van der Waals surface area contributed by atoms with Crippen molar-refractivity contribution in [1.82, 2.24) is 4.57 Å². The van der Waals surface area contributed by atoms with Gasteiger partial charge in [0.15, 0.2) is 0 Å². The van der Waals surface area contributed by atoms with Gasteiger partial charge >= 0.3 is 0 Å². The lowest BCUT2D eigenvalue weighted by Gasteiger charge is -2.12. The number of rotatable bonds is 2. The van der Waals surface area contributed by atoms with E-state index in [9.17, 15) is 9.59 Å². The van der Waals surface area contributed by atoms with Crippen LogP contribution in [0.2, 0.25) is 5.02 Å². The Labute approximate surface area is 143 Å². The molecule has 0 aliphatic carbocycles. The van der Waals surface area contributed by atoms with Crippen LogP contribution in [0.15, 0.2) is 53.5 Å². The molecule has 1 aliphatic rings. The van der Waals surface area contributed by atoms with Crippen molar-refractivity contribution in [2.45, 2.75) is 19.4 Å². The maximum absolute atomic E-state index is 12.8. The highest BCUT2D eigenvalue weighted by Crippen LogP contribution is 2.31. The lowest BCUT2D eigenvalue weighted by molar-refractivity contribution is 0.102. The molecule has 24 heavy (non-hydrogen) atoms. The third-order valence-corrected chi connectivity index (χ3v) is 4.69. The van der Waals surface area contributed by atoms with Crippen LogP contribution in [0.1, 0.15) is 28.9 Å². The van der Waals surface area contributed by atoms with Crippen LogP contribution in [0.3, 0.4) is 0 Å². The Hall–Kier alpha value is -2.59. The number of para-hydroxylation sites is 1. The zero-order valence-corrected chi connectivity index (χ0v) is 13.8. The maximum Gasteiger partial charge on any atom is 0.261 e. The summed E-state index contributed by atoms with van der Waals surface area (Å²) in [5.74, 6) is -0.419. The largest absolute Gasteiger partial charge is 0.343 e. The van der Waals surface area contributed by atoms with Crippen LogP contribution < -0.4 is 10.7 Å². The van der Waals surface area contributed by atoms with E-state index in [-0.39, 0.29) is 17.0 Å². The topological polar surface area (TPSA) is 51.1 Å². The number of amides is 1. The average molecular weight is 339 g/mol. The number of pyridine rings is 1. The number of carbonyl (C=O) groups is 1. The third-order valence-electron chi connectivity index (χ3n) is 4.45. The molecule has 1 aliphatic heterocycles. The Bertz CT molecular complexity index is 1040. The maximum atomic E-state index is 12.8. The van der Waals surface area contributed by atoms with Gasteiger partial charge in [0.2, 0.25) is 5.43 Å². The van der Waals surface area contributed by atoms with Crippen molar-refractivity contribution in [2.24, 2.45) is 0 Å². The SMILES string of the molecule is C[C@@H]1Cc2cccc3c(=O)c(C(=O)Nc4cccc(Cl)c4)cn1c23. The second-order valence-corrected chi connectivity index (χ2v) is 6.55. The summed E-state index contributed by atoms with van der Waals surface area (Å²) in [5.41, 5.74) is 2.56. The van der Waals surface area contributed by atoms with Crippen molar-refractivity contribution in [1.29, 1.82) is 0 Å².